The van der Waals surface area contributed by atoms with Crippen molar-refractivity contribution in [2.45, 2.75) is 58.6 Å². The smallest absolute Gasteiger partial charge is 0.303 e. The number of amides is 1. The van der Waals surface area contributed by atoms with Gasteiger partial charge in [0.2, 0.25) is 0 Å². The van der Waals surface area contributed by atoms with Crippen LogP contribution in [0, 0.1) is 13.8 Å². The number of benzene rings is 1. The van der Waals surface area contributed by atoms with E-state index >= 15 is 0 Å². The third kappa shape index (κ3) is 4.59. The number of aromatic nitrogens is 2. The van der Waals surface area contributed by atoms with Crippen LogP contribution >= 0.6 is 0 Å². The number of hydrogen-bond acceptors (Lipinski definition) is 4. The van der Waals surface area contributed by atoms with E-state index in [-0.39, 0.29) is 24.5 Å². The number of aliphatic carboxylic acids is 1. The first kappa shape index (κ1) is 20.1. The Morgan fingerprint density at radius 3 is 2.64 bits per heavy atom. The molecule has 0 saturated carbocycles. The van der Waals surface area contributed by atoms with E-state index in [1.807, 2.05) is 32.9 Å². The summed E-state index contributed by atoms with van der Waals surface area (Å²) in [5.41, 5.74) is 4.16. The zero-order valence-electron chi connectivity index (χ0n) is 16.6. The molecule has 2 N–H and O–H groups in total. The Hall–Kier alpha value is -2.67. The van der Waals surface area contributed by atoms with Gasteiger partial charge in [-0.25, -0.2) is 4.68 Å². The van der Waals surface area contributed by atoms with Gasteiger partial charge in [0.05, 0.1) is 17.5 Å². The molecule has 1 aromatic heterocycles. The van der Waals surface area contributed by atoms with E-state index in [1.165, 1.54) is 0 Å². The zero-order chi connectivity index (χ0) is 20.3. The highest BCUT2D eigenvalue weighted by Crippen LogP contribution is 2.20. The minimum atomic E-state index is -0.819. The quantitative estimate of drug-likeness (QED) is 0.798. The lowest BCUT2D eigenvalue weighted by Gasteiger charge is -2.27. The van der Waals surface area contributed by atoms with Crippen molar-refractivity contribution in [2.75, 3.05) is 6.61 Å². The number of carbonyl (C=O) groups is 2. The molecule has 1 aromatic carbocycles. The van der Waals surface area contributed by atoms with Crippen molar-refractivity contribution in [1.29, 1.82) is 0 Å². The Morgan fingerprint density at radius 1 is 1.29 bits per heavy atom. The highest BCUT2D eigenvalue weighted by Gasteiger charge is 2.21. The number of carbonyl (C=O) groups excluding carboxylic acids is 1. The van der Waals surface area contributed by atoms with Crippen LogP contribution in [0.4, 0.5) is 0 Å². The third-order valence-corrected chi connectivity index (χ3v) is 5.22. The summed E-state index contributed by atoms with van der Waals surface area (Å²) in [4.78, 5) is 23.4. The average Bonchev–Trinajstić information content (AvgIpc) is 2.94. The molecule has 2 aromatic rings. The monoisotopic (exact) mass is 385 g/mol. The summed E-state index contributed by atoms with van der Waals surface area (Å²) in [6.07, 6.45) is 2.37. The second-order valence-corrected chi connectivity index (χ2v) is 7.38. The van der Waals surface area contributed by atoms with Crippen LogP contribution in [0.1, 0.15) is 53.5 Å². The van der Waals surface area contributed by atoms with Crippen molar-refractivity contribution in [3.8, 4) is 5.69 Å². The number of carboxylic acid groups (broad SMARTS) is 1. The Morgan fingerprint density at radius 2 is 2.00 bits per heavy atom. The minimum absolute atomic E-state index is 0.0807. The molecular formula is C21H27N3O4. The SMILES string of the molecule is Cc1nn(-c2ccc(C(=O)NC3CCOC(C)C3)cc2)c(C)c1CCC(=O)O. The second kappa shape index (κ2) is 8.56. The summed E-state index contributed by atoms with van der Waals surface area (Å²) in [5, 5.41) is 16.5. The normalized spacial score (nSPS) is 19.4. The van der Waals surface area contributed by atoms with E-state index in [1.54, 1.807) is 16.8 Å². The Kier molecular flexibility index (Phi) is 6.14. The Bertz CT molecular complexity index is 857. The number of rotatable bonds is 6. The molecule has 0 spiro atoms. The fraction of sp³-hybridized carbons (Fsp3) is 0.476. The summed E-state index contributed by atoms with van der Waals surface area (Å²) >= 11 is 0. The molecule has 0 aliphatic carbocycles. The van der Waals surface area contributed by atoms with E-state index in [4.69, 9.17) is 9.84 Å². The fourth-order valence-electron chi connectivity index (χ4n) is 3.67. The largest absolute Gasteiger partial charge is 0.481 e. The van der Waals surface area contributed by atoms with Crippen molar-refractivity contribution in [3.63, 3.8) is 0 Å². The van der Waals surface area contributed by atoms with E-state index < -0.39 is 5.97 Å². The topological polar surface area (TPSA) is 93.5 Å². The molecule has 1 fully saturated rings. The molecule has 28 heavy (non-hydrogen) atoms. The van der Waals surface area contributed by atoms with Crippen molar-refractivity contribution >= 4 is 11.9 Å². The maximum Gasteiger partial charge on any atom is 0.303 e. The predicted octanol–water partition coefficient (Wildman–Crippen LogP) is 2.80. The van der Waals surface area contributed by atoms with Gasteiger partial charge in [0, 0.05) is 30.3 Å². The molecule has 3 rings (SSSR count). The van der Waals surface area contributed by atoms with Gasteiger partial charge >= 0.3 is 5.97 Å². The summed E-state index contributed by atoms with van der Waals surface area (Å²) in [5.74, 6) is -0.901. The molecule has 0 radical (unpaired) electrons. The van der Waals surface area contributed by atoms with Crippen molar-refractivity contribution in [3.05, 3.63) is 46.8 Å². The minimum Gasteiger partial charge on any atom is -0.481 e. The fourth-order valence-corrected chi connectivity index (χ4v) is 3.67. The van der Waals surface area contributed by atoms with E-state index in [0.717, 1.165) is 35.5 Å². The molecule has 7 heteroatoms. The van der Waals surface area contributed by atoms with Crippen LogP contribution in [-0.2, 0) is 16.0 Å². The first-order valence-corrected chi connectivity index (χ1v) is 9.65. The Labute approximate surface area is 164 Å². The van der Waals surface area contributed by atoms with Gasteiger partial charge in [-0.05, 0) is 69.9 Å². The number of nitrogens with zero attached hydrogens (tertiary/aromatic N) is 2. The van der Waals surface area contributed by atoms with Gasteiger partial charge < -0.3 is 15.2 Å². The summed E-state index contributed by atoms with van der Waals surface area (Å²) in [6, 6.07) is 7.45. The first-order chi connectivity index (χ1) is 13.3. The lowest BCUT2D eigenvalue weighted by Crippen LogP contribution is -2.41. The number of ether oxygens (including phenoxy) is 1. The lowest BCUT2D eigenvalue weighted by atomic mass is 10.0. The van der Waals surface area contributed by atoms with E-state index in [9.17, 15) is 9.59 Å². The van der Waals surface area contributed by atoms with Gasteiger partial charge in [0.15, 0.2) is 0 Å². The van der Waals surface area contributed by atoms with Gasteiger partial charge in [-0.2, -0.15) is 5.10 Å². The number of hydrogen-bond donors (Lipinski definition) is 2. The molecule has 7 nitrogen and oxygen atoms in total. The van der Waals surface area contributed by atoms with Crippen molar-refractivity contribution < 1.29 is 19.4 Å². The average molecular weight is 385 g/mol. The Balaban J connectivity index is 1.71. The van der Waals surface area contributed by atoms with Crippen LogP contribution in [0.3, 0.4) is 0 Å². The van der Waals surface area contributed by atoms with Crippen LogP contribution in [0.25, 0.3) is 5.69 Å². The second-order valence-electron chi connectivity index (χ2n) is 7.38. The standard InChI is InChI=1S/C21H27N3O4/c1-13-12-17(10-11-28-13)22-21(27)16-4-6-18(7-5-16)24-15(3)19(14(2)23-24)8-9-20(25)26/h4-7,13,17H,8-12H2,1-3H3,(H,22,27)(H,25,26). The van der Waals surface area contributed by atoms with Crippen LogP contribution < -0.4 is 5.32 Å². The highest BCUT2D eigenvalue weighted by molar-refractivity contribution is 5.94. The zero-order valence-corrected chi connectivity index (χ0v) is 16.6. The van der Waals surface area contributed by atoms with E-state index in [0.29, 0.717) is 18.6 Å². The molecule has 1 aliphatic heterocycles. The van der Waals surface area contributed by atoms with Crippen molar-refractivity contribution in [1.82, 2.24) is 15.1 Å². The van der Waals surface area contributed by atoms with Crippen molar-refractivity contribution in [2.24, 2.45) is 0 Å². The lowest BCUT2D eigenvalue weighted by molar-refractivity contribution is -0.136. The molecule has 2 atom stereocenters. The maximum absolute atomic E-state index is 12.5. The van der Waals surface area contributed by atoms with Gasteiger partial charge in [-0.15, -0.1) is 0 Å². The summed E-state index contributed by atoms with van der Waals surface area (Å²) in [6.45, 7) is 6.51. The molecule has 2 heterocycles. The molecular weight excluding hydrogens is 358 g/mol. The van der Waals surface area contributed by atoms with Gasteiger partial charge in [-0.3, -0.25) is 9.59 Å². The van der Waals surface area contributed by atoms with Crippen LogP contribution in [-0.4, -0.2) is 45.5 Å². The van der Waals surface area contributed by atoms with Gasteiger partial charge in [0.25, 0.3) is 5.91 Å². The molecule has 2 unspecified atom stereocenters. The number of carboxylic acids is 1. The third-order valence-electron chi connectivity index (χ3n) is 5.22. The predicted molar refractivity (Wildman–Crippen MR) is 105 cm³/mol. The molecule has 1 aliphatic rings. The summed E-state index contributed by atoms with van der Waals surface area (Å²) < 4.78 is 7.32. The number of nitrogens with one attached hydrogen (secondary N) is 1. The van der Waals surface area contributed by atoms with Gasteiger partial charge in [-0.1, -0.05) is 0 Å². The van der Waals surface area contributed by atoms with Gasteiger partial charge in [0.1, 0.15) is 0 Å². The van der Waals surface area contributed by atoms with Crippen LogP contribution in [0.5, 0.6) is 0 Å². The summed E-state index contributed by atoms with van der Waals surface area (Å²) in [7, 11) is 0. The molecule has 0 bridgehead atoms. The van der Waals surface area contributed by atoms with Crippen LogP contribution in [0.15, 0.2) is 24.3 Å². The van der Waals surface area contributed by atoms with Crippen LogP contribution in [0.2, 0.25) is 0 Å². The highest BCUT2D eigenvalue weighted by atomic mass is 16.5. The van der Waals surface area contributed by atoms with E-state index in [2.05, 4.69) is 10.4 Å². The number of aryl methyl sites for hydroxylation is 1. The molecule has 1 amide bonds. The molecule has 150 valence electrons. The first-order valence-electron chi connectivity index (χ1n) is 9.65. The molecule has 1 saturated heterocycles. The maximum atomic E-state index is 12.5.